The van der Waals surface area contributed by atoms with Gasteiger partial charge in [-0.1, -0.05) is 26.0 Å². The van der Waals surface area contributed by atoms with Gasteiger partial charge in [0.05, 0.1) is 10.5 Å². The summed E-state index contributed by atoms with van der Waals surface area (Å²) < 4.78 is 0. The Bertz CT molecular complexity index is 658. The molecule has 0 aliphatic carbocycles. The number of nitro benzene ring substituents is 1. The van der Waals surface area contributed by atoms with Crippen LogP contribution in [0.4, 0.5) is 11.5 Å². The number of nitrogens with one attached hydrogen (secondary N) is 1. The molecule has 7 nitrogen and oxygen atoms in total. The second-order valence-corrected chi connectivity index (χ2v) is 5.08. The van der Waals surface area contributed by atoms with Gasteiger partial charge in [-0.2, -0.15) is 0 Å². The number of aromatic nitrogens is 2. The normalized spacial score (nSPS) is 10.7. The first-order valence-corrected chi connectivity index (χ1v) is 6.59. The van der Waals surface area contributed by atoms with Gasteiger partial charge in [-0.05, 0) is 18.4 Å². The van der Waals surface area contributed by atoms with Crippen LogP contribution in [-0.4, -0.2) is 14.9 Å². The van der Waals surface area contributed by atoms with Crippen molar-refractivity contribution in [2.45, 2.75) is 20.3 Å². The second-order valence-electron chi connectivity index (χ2n) is 5.08. The number of nitrogens with two attached hydrogens (primary N) is 1. The summed E-state index contributed by atoms with van der Waals surface area (Å²) in [5, 5.41) is 11.1. The Balaban J connectivity index is 2.55. The minimum Gasteiger partial charge on any atom is -0.308 e. The Morgan fingerprint density at radius 1 is 1.33 bits per heavy atom. The molecule has 110 valence electrons. The molecule has 21 heavy (non-hydrogen) atoms. The zero-order valence-electron chi connectivity index (χ0n) is 11.9. The monoisotopic (exact) mass is 287 g/mol. The molecule has 0 fully saturated rings. The van der Waals surface area contributed by atoms with E-state index in [1.807, 2.05) is 0 Å². The van der Waals surface area contributed by atoms with Crippen molar-refractivity contribution >= 4 is 11.5 Å². The highest BCUT2D eigenvalue weighted by atomic mass is 16.6. The number of para-hydroxylation sites is 1. The summed E-state index contributed by atoms with van der Waals surface area (Å²) in [7, 11) is 0. The fraction of sp³-hybridized carbons (Fsp3) is 0.286. The van der Waals surface area contributed by atoms with Crippen molar-refractivity contribution < 1.29 is 4.92 Å². The highest BCUT2D eigenvalue weighted by molar-refractivity contribution is 5.68. The van der Waals surface area contributed by atoms with Crippen molar-refractivity contribution in [3.8, 4) is 11.4 Å². The number of benzene rings is 1. The van der Waals surface area contributed by atoms with Crippen LogP contribution in [0.5, 0.6) is 0 Å². The highest BCUT2D eigenvalue weighted by Crippen LogP contribution is 2.28. The van der Waals surface area contributed by atoms with Crippen LogP contribution in [0, 0.1) is 16.0 Å². The first kappa shape index (κ1) is 14.9. The molecule has 7 heteroatoms. The van der Waals surface area contributed by atoms with Gasteiger partial charge in [0.1, 0.15) is 5.82 Å². The van der Waals surface area contributed by atoms with Crippen LogP contribution in [0.15, 0.2) is 30.3 Å². The molecule has 1 heterocycles. The molecule has 0 saturated heterocycles. The van der Waals surface area contributed by atoms with Gasteiger partial charge in [-0.25, -0.2) is 15.8 Å². The van der Waals surface area contributed by atoms with Crippen LogP contribution in [0.25, 0.3) is 11.4 Å². The van der Waals surface area contributed by atoms with Crippen LogP contribution < -0.4 is 11.3 Å². The molecule has 0 aliphatic rings. The summed E-state index contributed by atoms with van der Waals surface area (Å²) in [6.45, 7) is 4.14. The van der Waals surface area contributed by atoms with E-state index >= 15 is 0 Å². The summed E-state index contributed by atoms with van der Waals surface area (Å²) >= 11 is 0. The third kappa shape index (κ3) is 3.51. The van der Waals surface area contributed by atoms with Crippen molar-refractivity contribution in [2.24, 2.45) is 11.8 Å². The summed E-state index contributed by atoms with van der Waals surface area (Å²) in [5.74, 6) is 6.56. The molecule has 0 bridgehead atoms. The van der Waals surface area contributed by atoms with Gasteiger partial charge in [0, 0.05) is 17.8 Å². The third-order valence-electron chi connectivity index (χ3n) is 2.89. The van der Waals surface area contributed by atoms with Crippen molar-refractivity contribution in [2.75, 3.05) is 5.43 Å². The lowest BCUT2D eigenvalue weighted by Gasteiger charge is -2.09. The Kier molecular flexibility index (Phi) is 4.44. The van der Waals surface area contributed by atoms with Crippen molar-refractivity contribution in [1.29, 1.82) is 0 Å². The fourth-order valence-corrected chi connectivity index (χ4v) is 2.04. The summed E-state index contributed by atoms with van der Waals surface area (Å²) in [4.78, 5) is 19.3. The number of nitrogens with zero attached hydrogens (tertiary/aromatic N) is 3. The van der Waals surface area contributed by atoms with E-state index in [4.69, 9.17) is 5.84 Å². The molecule has 0 amide bonds. The van der Waals surface area contributed by atoms with E-state index in [1.54, 1.807) is 24.3 Å². The molecule has 0 radical (unpaired) electrons. The molecule has 3 N–H and O–H groups in total. The van der Waals surface area contributed by atoms with E-state index in [0.29, 0.717) is 23.1 Å². The van der Waals surface area contributed by atoms with Gasteiger partial charge in [0.15, 0.2) is 5.82 Å². The first-order valence-electron chi connectivity index (χ1n) is 6.59. The van der Waals surface area contributed by atoms with E-state index in [9.17, 15) is 10.1 Å². The fourth-order valence-electron chi connectivity index (χ4n) is 2.04. The van der Waals surface area contributed by atoms with Gasteiger partial charge in [-0.3, -0.25) is 10.1 Å². The SMILES string of the molecule is CC(C)Cc1cc(NN)nc(-c2ccccc2[N+](=O)[O-])n1. The van der Waals surface area contributed by atoms with Crippen molar-refractivity contribution in [3.63, 3.8) is 0 Å². The maximum Gasteiger partial charge on any atom is 0.280 e. The predicted molar refractivity (Wildman–Crippen MR) is 80.5 cm³/mol. The van der Waals surface area contributed by atoms with E-state index in [-0.39, 0.29) is 5.69 Å². The third-order valence-corrected chi connectivity index (χ3v) is 2.89. The molecule has 1 aromatic carbocycles. The smallest absolute Gasteiger partial charge is 0.280 e. The van der Waals surface area contributed by atoms with Gasteiger partial charge < -0.3 is 5.43 Å². The average molecular weight is 287 g/mol. The molecule has 0 atom stereocenters. The number of nitrogen functional groups attached to an aromatic ring is 1. The topological polar surface area (TPSA) is 107 Å². The minimum atomic E-state index is -0.441. The summed E-state index contributed by atoms with van der Waals surface area (Å²) in [6, 6.07) is 8.15. The quantitative estimate of drug-likeness (QED) is 0.497. The number of rotatable bonds is 5. The van der Waals surface area contributed by atoms with Crippen LogP contribution in [0.3, 0.4) is 0 Å². The molecule has 1 aromatic heterocycles. The van der Waals surface area contributed by atoms with Crippen molar-refractivity contribution in [3.05, 3.63) is 46.1 Å². The molecule has 0 saturated carbocycles. The Morgan fingerprint density at radius 2 is 2.05 bits per heavy atom. The summed E-state index contributed by atoms with van der Waals surface area (Å²) in [5.41, 5.74) is 3.62. The molecular weight excluding hydrogens is 270 g/mol. The zero-order valence-corrected chi connectivity index (χ0v) is 11.9. The van der Waals surface area contributed by atoms with E-state index < -0.39 is 4.92 Å². The van der Waals surface area contributed by atoms with Gasteiger partial charge in [-0.15, -0.1) is 0 Å². The lowest BCUT2D eigenvalue weighted by atomic mass is 10.1. The lowest BCUT2D eigenvalue weighted by Crippen LogP contribution is -2.11. The number of hydrogen-bond donors (Lipinski definition) is 2. The first-order chi connectivity index (χ1) is 10.0. The van der Waals surface area contributed by atoms with E-state index in [2.05, 4.69) is 29.2 Å². The van der Waals surface area contributed by atoms with Gasteiger partial charge in [0.25, 0.3) is 5.69 Å². The molecular formula is C14H17N5O2. The molecule has 0 unspecified atom stereocenters. The minimum absolute atomic E-state index is 0.0258. The molecule has 2 rings (SSSR count). The number of nitro groups is 1. The Labute approximate surface area is 122 Å². The largest absolute Gasteiger partial charge is 0.308 e. The molecule has 0 spiro atoms. The average Bonchev–Trinajstić information content (AvgIpc) is 2.46. The second kappa shape index (κ2) is 6.27. The molecule has 0 aliphatic heterocycles. The summed E-state index contributed by atoms with van der Waals surface area (Å²) in [6.07, 6.45) is 0.741. The van der Waals surface area contributed by atoms with E-state index in [1.165, 1.54) is 6.07 Å². The standard InChI is InChI=1S/C14H17N5O2/c1-9(2)7-10-8-13(18-15)17-14(16-10)11-5-3-4-6-12(11)19(20)21/h3-6,8-9H,7,15H2,1-2H3,(H,16,17,18). The Morgan fingerprint density at radius 3 is 2.67 bits per heavy atom. The number of hydrogen-bond acceptors (Lipinski definition) is 6. The number of anilines is 1. The highest BCUT2D eigenvalue weighted by Gasteiger charge is 2.18. The maximum atomic E-state index is 11.1. The Hall–Kier alpha value is -2.54. The van der Waals surface area contributed by atoms with Crippen LogP contribution in [0.2, 0.25) is 0 Å². The molecule has 2 aromatic rings. The van der Waals surface area contributed by atoms with Crippen LogP contribution in [-0.2, 0) is 6.42 Å². The predicted octanol–water partition coefficient (Wildman–Crippen LogP) is 2.54. The maximum absolute atomic E-state index is 11.1. The van der Waals surface area contributed by atoms with Gasteiger partial charge >= 0.3 is 0 Å². The van der Waals surface area contributed by atoms with Crippen LogP contribution >= 0.6 is 0 Å². The lowest BCUT2D eigenvalue weighted by molar-refractivity contribution is -0.384. The zero-order chi connectivity index (χ0) is 15.4. The van der Waals surface area contributed by atoms with Crippen LogP contribution in [0.1, 0.15) is 19.5 Å². The van der Waals surface area contributed by atoms with E-state index in [0.717, 1.165) is 12.1 Å². The van der Waals surface area contributed by atoms with Crippen molar-refractivity contribution in [1.82, 2.24) is 9.97 Å². The van der Waals surface area contributed by atoms with Gasteiger partial charge in [0.2, 0.25) is 0 Å². The number of hydrazine groups is 1.